The van der Waals surface area contributed by atoms with Crippen molar-refractivity contribution in [2.24, 2.45) is 22.8 Å². The highest BCUT2D eigenvalue weighted by Gasteiger charge is 2.47. The topological polar surface area (TPSA) is 255 Å². The number of nitrogens with zero attached hydrogens (tertiary/aromatic N) is 2. The first-order valence-electron chi connectivity index (χ1n) is 20.2. The van der Waals surface area contributed by atoms with Crippen molar-refractivity contribution in [1.82, 2.24) is 25.8 Å². The van der Waals surface area contributed by atoms with E-state index < -0.39 is 53.8 Å². The van der Waals surface area contributed by atoms with Crippen LogP contribution in [-0.2, 0) is 46.4 Å². The monoisotopic (exact) mass is 823 g/mol. The molecule has 2 aliphatic heterocycles. The van der Waals surface area contributed by atoms with E-state index in [4.69, 9.17) is 31.3 Å². The molecule has 0 saturated carbocycles. The van der Waals surface area contributed by atoms with Crippen LogP contribution in [0.5, 0.6) is 0 Å². The highest BCUT2D eigenvalue weighted by Crippen LogP contribution is 2.40. The molecule has 1 spiro atoms. The maximum Gasteiger partial charge on any atom is 0.300 e. The number of carbonyl (C=O) groups is 7. The van der Waals surface area contributed by atoms with Gasteiger partial charge in [-0.3, -0.25) is 33.6 Å². The van der Waals surface area contributed by atoms with Crippen LogP contribution in [0.2, 0.25) is 0 Å². The quantitative estimate of drug-likeness (QED) is 0.114. The summed E-state index contributed by atoms with van der Waals surface area (Å²) in [7, 11) is 0. The van der Waals surface area contributed by atoms with E-state index in [0.717, 1.165) is 50.9 Å². The molecule has 16 nitrogen and oxygen atoms in total. The second-order valence-corrected chi connectivity index (χ2v) is 15.8. The van der Waals surface area contributed by atoms with E-state index in [1.807, 2.05) is 84.3 Å². The summed E-state index contributed by atoms with van der Waals surface area (Å²) in [6.45, 7) is 10.7. The maximum absolute atomic E-state index is 14.0. The lowest BCUT2D eigenvalue weighted by Gasteiger charge is -2.54. The summed E-state index contributed by atoms with van der Waals surface area (Å²) in [4.78, 5) is 88.5. The Morgan fingerprint density at radius 1 is 0.678 bits per heavy atom. The Morgan fingerprint density at radius 2 is 1.14 bits per heavy atom. The van der Waals surface area contributed by atoms with Gasteiger partial charge in [-0.1, -0.05) is 74.5 Å². The Balaban J connectivity index is 0.00000137. The van der Waals surface area contributed by atoms with Crippen molar-refractivity contribution in [2.75, 3.05) is 32.7 Å². The van der Waals surface area contributed by atoms with Crippen LogP contribution in [-0.4, -0.2) is 118 Å². The zero-order chi connectivity index (χ0) is 44.1. The van der Waals surface area contributed by atoms with E-state index in [-0.39, 0.29) is 29.6 Å². The Kier molecular flexibility index (Phi) is 21.3. The molecule has 16 heteroatoms. The van der Waals surface area contributed by atoms with Gasteiger partial charge in [0.1, 0.15) is 18.1 Å². The van der Waals surface area contributed by atoms with Crippen LogP contribution in [0.3, 0.4) is 0 Å². The van der Waals surface area contributed by atoms with Crippen molar-refractivity contribution in [3.63, 3.8) is 0 Å². The van der Waals surface area contributed by atoms with E-state index >= 15 is 0 Å². The van der Waals surface area contributed by atoms with Crippen molar-refractivity contribution < 1.29 is 43.8 Å². The number of hydrogen-bond acceptors (Lipinski definition) is 9. The molecule has 2 heterocycles. The van der Waals surface area contributed by atoms with Crippen molar-refractivity contribution in [3.05, 3.63) is 71.8 Å². The number of hydrogen-bond donors (Lipinski definition) is 7. The molecule has 0 bridgehead atoms. The maximum atomic E-state index is 14.0. The van der Waals surface area contributed by atoms with Gasteiger partial charge in [-0.25, -0.2) is 0 Å². The summed E-state index contributed by atoms with van der Waals surface area (Å²) >= 11 is 0. The number of nitrogens with two attached hydrogens (primary N) is 2. The summed E-state index contributed by atoms with van der Waals surface area (Å²) in [5.41, 5.74) is 13.8. The average Bonchev–Trinajstić information content (AvgIpc) is 3.16. The minimum Gasteiger partial charge on any atom is -0.481 e. The summed E-state index contributed by atoms with van der Waals surface area (Å²) in [5.74, 6) is -3.11. The minimum absolute atomic E-state index is 0.0456. The number of piperidine rings is 1. The predicted octanol–water partition coefficient (Wildman–Crippen LogP) is 2.08. The number of unbranched alkanes of at least 4 members (excludes halogenated alkanes) is 1. The van der Waals surface area contributed by atoms with Gasteiger partial charge in [-0.15, -0.1) is 0 Å². The first-order valence-corrected chi connectivity index (χ1v) is 20.2. The van der Waals surface area contributed by atoms with Crippen LogP contribution in [0.1, 0.15) is 84.3 Å². The van der Waals surface area contributed by atoms with Crippen LogP contribution in [0.15, 0.2) is 60.7 Å². The summed E-state index contributed by atoms with van der Waals surface area (Å²) in [6.07, 6.45) is 4.25. The predicted molar refractivity (Wildman–Crippen MR) is 224 cm³/mol. The van der Waals surface area contributed by atoms with Gasteiger partial charge in [-0.2, -0.15) is 0 Å². The SMILES string of the molecule is CC(=O)N1CC2(CCN(C(=O)[C@@H](CCCCN)NC(=O)[C@@H](CC(C)C)NC(=O)[C@@H](Cc3ccccc3)NC(=O)[C@H](N)Cc3ccccc3)CC2)C1.CC(=O)O.CC(=O)O. The number of carbonyl (C=O) groups excluding carboxylic acids is 5. The van der Waals surface area contributed by atoms with Gasteiger partial charge in [0, 0.05) is 58.8 Å². The third-order valence-electron chi connectivity index (χ3n) is 10.1. The number of rotatable bonds is 17. The Labute approximate surface area is 347 Å². The zero-order valence-electron chi connectivity index (χ0n) is 35.2. The molecule has 2 fully saturated rings. The highest BCUT2D eigenvalue weighted by atomic mass is 16.4. The molecule has 2 aromatic rings. The van der Waals surface area contributed by atoms with Gasteiger partial charge in [0.15, 0.2) is 0 Å². The third kappa shape index (κ3) is 18.4. The lowest BCUT2D eigenvalue weighted by Crippen LogP contribution is -2.63. The van der Waals surface area contributed by atoms with Crippen LogP contribution in [0.25, 0.3) is 0 Å². The molecular formula is C43H65N7O9. The molecule has 2 aromatic carbocycles. The Hall–Kier alpha value is -5.35. The molecular weight excluding hydrogens is 759 g/mol. The summed E-state index contributed by atoms with van der Waals surface area (Å²) in [6, 6.07) is 15.2. The average molecular weight is 824 g/mol. The molecule has 326 valence electrons. The van der Waals surface area contributed by atoms with Gasteiger partial charge in [0.05, 0.1) is 6.04 Å². The molecule has 0 aliphatic carbocycles. The minimum atomic E-state index is -0.989. The molecule has 59 heavy (non-hydrogen) atoms. The second-order valence-electron chi connectivity index (χ2n) is 15.8. The highest BCUT2D eigenvalue weighted by molar-refractivity contribution is 5.95. The van der Waals surface area contributed by atoms with Crippen molar-refractivity contribution >= 4 is 41.5 Å². The third-order valence-corrected chi connectivity index (χ3v) is 10.1. The van der Waals surface area contributed by atoms with Gasteiger partial charge < -0.3 is 47.4 Å². The van der Waals surface area contributed by atoms with Gasteiger partial charge >= 0.3 is 0 Å². The van der Waals surface area contributed by atoms with Crippen molar-refractivity contribution in [2.45, 2.75) is 110 Å². The fourth-order valence-electron chi connectivity index (χ4n) is 7.02. The molecule has 0 aromatic heterocycles. The molecule has 5 amide bonds. The number of likely N-dealkylation sites (tertiary alicyclic amines) is 2. The van der Waals surface area contributed by atoms with Gasteiger partial charge in [-0.05, 0) is 68.5 Å². The van der Waals surface area contributed by atoms with Gasteiger partial charge in [0.25, 0.3) is 11.9 Å². The first-order chi connectivity index (χ1) is 27.9. The van der Waals surface area contributed by atoms with Crippen LogP contribution in [0.4, 0.5) is 0 Å². The number of amides is 5. The number of nitrogens with one attached hydrogen (secondary N) is 3. The van der Waals surface area contributed by atoms with E-state index in [2.05, 4.69) is 16.0 Å². The largest absolute Gasteiger partial charge is 0.481 e. The molecule has 2 aliphatic rings. The smallest absolute Gasteiger partial charge is 0.300 e. The zero-order valence-corrected chi connectivity index (χ0v) is 35.2. The molecule has 9 N–H and O–H groups in total. The molecule has 0 radical (unpaired) electrons. The lowest BCUT2D eigenvalue weighted by molar-refractivity contribution is -0.149. The molecule has 4 atom stereocenters. The lowest BCUT2D eigenvalue weighted by atomic mass is 9.72. The van der Waals surface area contributed by atoms with Gasteiger partial charge in [0.2, 0.25) is 29.5 Å². The number of carboxylic acid groups (broad SMARTS) is 2. The number of aliphatic carboxylic acids is 2. The summed E-state index contributed by atoms with van der Waals surface area (Å²) < 4.78 is 0. The van der Waals surface area contributed by atoms with E-state index in [1.165, 1.54) is 0 Å². The molecule has 2 saturated heterocycles. The van der Waals surface area contributed by atoms with Crippen LogP contribution in [0, 0.1) is 11.3 Å². The van der Waals surface area contributed by atoms with Crippen LogP contribution < -0.4 is 27.4 Å². The summed E-state index contributed by atoms with van der Waals surface area (Å²) in [5, 5.41) is 23.6. The van der Waals surface area contributed by atoms with Crippen LogP contribution >= 0.6 is 0 Å². The molecule has 4 rings (SSSR count). The molecule has 0 unspecified atom stereocenters. The number of benzene rings is 2. The van der Waals surface area contributed by atoms with E-state index in [1.54, 1.807) is 6.92 Å². The van der Waals surface area contributed by atoms with Crippen molar-refractivity contribution in [3.8, 4) is 0 Å². The Bertz CT molecular complexity index is 1640. The van der Waals surface area contributed by atoms with E-state index in [0.29, 0.717) is 51.7 Å². The van der Waals surface area contributed by atoms with E-state index in [9.17, 15) is 24.0 Å². The number of carboxylic acids is 2. The van der Waals surface area contributed by atoms with Crippen molar-refractivity contribution in [1.29, 1.82) is 0 Å². The second kappa shape index (κ2) is 25.2. The first kappa shape index (κ1) is 49.8. The standard InChI is InChI=1S/C39H57N7O5.2C2H4O2/c1-27(2)22-33(36(49)42-32(16-10-11-19-40)38(51)45-20-17-39(18-21-45)25-46(26-39)28(3)47)44-37(50)34(24-30-14-8-5-9-15-30)43-35(48)31(41)23-29-12-6-4-7-13-29;2*1-2(3)4/h4-9,12-15,27,31-34H,10-11,16-26,40-41H2,1-3H3,(H,42,49)(H,43,48)(H,44,50);2*1H3,(H,3,4)/t31-,32-,33-,34-;;/m1../s1. The fourth-order valence-corrected chi connectivity index (χ4v) is 7.02. The Morgan fingerprint density at radius 3 is 1.61 bits per heavy atom. The normalized spacial score (nSPS) is 16.0. The fraction of sp³-hybridized carbons (Fsp3) is 0.558.